The van der Waals surface area contributed by atoms with Crippen molar-refractivity contribution in [2.75, 3.05) is 13.2 Å². The van der Waals surface area contributed by atoms with E-state index >= 15 is 0 Å². The molecule has 0 aliphatic rings. The predicted octanol–water partition coefficient (Wildman–Crippen LogP) is 2.02. The van der Waals surface area contributed by atoms with Crippen LogP contribution in [-0.2, 0) is 15.9 Å². The second-order valence-corrected chi connectivity index (χ2v) is 4.22. The van der Waals surface area contributed by atoms with Gasteiger partial charge in [0.2, 0.25) is 0 Å². The van der Waals surface area contributed by atoms with Crippen LogP contribution in [0.2, 0.25) is 0 Å². The maximum absolute atomic E-state index is 11.9. The third-order valence-corrected chi connectivity index (χ3v) is 2.78. The van der Waals surface area contributed by atoms with Gasteiger partial charge in [0.1, 0.15) is 11.4 Å². The van der Waals surface area contributed by atoms with Crippen molar-refractivity contribution in [3.05, 3.63) is 22.5 Å². The summed E-state index contributed by atoms with van der Waals surface area (Å²) in [5, 5.41) is 9.34. The van der Waals surface area contributed by atoms with Gasteiger partial charge in [0, 0.05) is 0 Å². The molecule has 0 spiro atoms. The summed E-state index contributed by atoms with van der Waals surface area (Å²) in [6.45, 7) is 5.36. The molecular weight excluding hydrogens is 278 g/mol. The lowest BCUT2D eigenvalue weighted by atomic mass is 10.0. The molecule has 0 saturated carbocycles. The van der Waals surface area contributed by atoms with Crippen LogP contribution < -0.4 is 0 Å². The molecule has 1 heterocycles. The van der Waals surface area contributed by atoms with Gasteiger partial charge in [0.25, 0.3) is 0 Å². The normalized spacial score (nSPS) is 10.2. The van der Waals surface area contributed by atoms with E-state index in [1.165, 1.54) is 0 Å². The molecule has 7 nitrogen and oxygen atoms in total. The highest BCUT2D eigenvalue weighted by Crippen LogP contribution is 2.23. The van der Waals surface area contributed by atoms with Crippen molar-refractivity contribution >= 4 is 17.9 Å². The van der Waals surface area contributed by atoms with Crippen LogP contribution in [0, 0.1) is 0 Å². The van der Waals surface area contributed by atoms with E-state index in [1.807, 2.05) is 6.92 Å². The Labute approximate surface area is 122 Å². The van der Waals surface area contributed by atoms with Crippen molar-refractivity contribution in [3.63, 3.8) is 0 Å². The molecule has 0 saturated heterocycles. The van der Waals surface area contributed by atoms with Crippen molar-refractivity contribution < 1.29 is 29.0 Å². The zero-order valence-corrected chi connectivity index (χ0v) is 12.3. The summed E-state index contributed by atoms with van der Waals surface area (Å²) in [6, 6.07) is 0. The van der Waals surface area contributed by atoms with Gasteiger partial charge in [-0.3, -0.25) is 0 Å². The first-order chi connectivity index (χ1) is 9.97. The number of aromatic carboxylic acids is 1. The van der Waals surface area contributed by atoms with E-state index in [0.29, 0.717) is 12.8 Å². The molecule has 0 atom stereocenters. The van der Waals surface area contributed by atoms with E-state index in [-0.39, 0.29) is 35.7 Å². The number of carbonyl (C=O) groups is 3. The number of H-pyrrole nitrogens is 1. The number of aromatic amines is 1. The molecule has 0 aliphatic carbocycles. The molecule has 0 amide bonds. The van der Waals surface area contributed by atoms with Crippen LogP contribution in [-0.4, -0.2) is 41.2 Å². The molecule has 0 fully saturated rings. The highest BCUT2D eigenvalue weighted by molar-refractivity contribution is 6.06. The molecule has 0 aromatic carbocycles. The summed E-state index contributed by atoms with van der Waals surface area (Å²) in [5.41, 5.74) is -0.181. The Morgan fingerprint density at radius 2 is 1.52 bits per heavy atom. The zero-order valence-electron chi connectivity index (χ0n) is 12.3. The maximum atomic E-state index is 11.9. The summed E-state index contributed by atoms with van der Waals surface area (Å²) in [4.78, 5) is 37.8. The number of rotatable bonds is 7. The van der Waals surface area contributed by atoms with Crippen LogP contribution in [0.25, 0.3) is 0 Å². The Morgan fingerprint density at radius 1 is 1.00 bits per heavy atom. The van der Waals surface area contributed by atoms with Crippen LogP contribution in [0.1, 0.15) is 64.1 Å². The van der Waals surface area contributed by atoms with Crippen molar-refractivity contribution in [2.45, 2.75) is 33.6 Å². The fourth-order valence-electron chi connectivity index (χ4n) is 2.01. The molecular formula is C14H19NO6. The minimum atomic E-state index is -1.28. The number of nitrogens with one attached hydrogen (secondary N) is 1. The minimum Gasteiger partial charge on any atom is -0.478 e. The minimum absolute atomic E-state index is 0.000784. The lowest BCUT2D eigenvalue weighted by molar-refractivity contribution is 0.0507. The second-order valence-electron chi connectivity index (χ2n) is 4.22. The first-order valence-electron chi connectivity index (χ1n) is 6.80. The van der Waals surface area contributed by atoms with Gasteiger partial charge in [-0.15, -0.1) is 0 Å². The van der Waals surface area contributed by atoms with Crippen LogP contribution in [0.3, 0.4) is 0 Å². The highest BCUT2D eigenvalue weighted by Gasteiger charge is 2.30. The van der Waals surface area contributed by atoms with E-state index < -0.39 is 17.9 Å². The molecule has 0 unspecified atom stereocenters. The highest BCUT2D eigenvalue weighted by atomic mass is 16.5. The second kappa shape index (κ2) is 7.47. The fraction of sp³-hybridized carbons (Fsp3) is 0.500. The smallest absolute Gasteiger partial charge is 0.355 e. The predicted molar refractivity (Wildman–Crippen MR) is 73.7 cm³/mol. The first kappa shape index (κ1) is 16.7. The number of aromatic nitrogens is 1. The van der Waals surface area contributed by atoms with Crippen LogP contribution in [0.15, 0.2) is 0 Å². The summed E-state index contributed by atoms with van der Waals surface area (Å²) in [7, 11) is 0. The van der Waals surface area contributed by atoms with Gasteiger partial charge in [-0.05, 0) is 25.8 Å². The van der Waals surface area contributed by atoms with E-state index in [2.05, 4.69) is 4.98 Å². The van der Waals surface area contributed by atoms with E-state index in [0.717, 1.165) is 0 Å². The molecule has 2 N–H and O–H groups in total. The quantitative estimate of drug-likeness (QED) is 0.746. The molecule has 7 heteroatoms. The fourth-order valence-corrected chi connectivity index (χ4v) is 2.01. The van der Waals surface area contributed by atoms with Crippen LogP contribution in [0.4, 0.5) is 0 Å². The van der Waals surface area contributed by atoms with Gasteiger partial charge in [0.15, 0.2) is 0 Å². The van der Waals surface area contributed by atoms with E-state index in [1.54, 1.807) is 13.8 Å². The molecule has 116 valence electrons. The Kier molecular flexibility index (Phi) is 5.95. The van der Waals surface area contributed by atoms with Crippen LogP contribution >= 0.6 is 0 Å². The van der Waals surface area contributed by atoms with Gasteiger partial charge in [-0.2, -0.15) is 0 Å². The van der Waals surface area contributed by atoms with Gasteiger partial charge in [0.05, 0.1) is 18.8 Å². The zero-order chi connectivity index (χ0) is 16.0. The molecule has 21 heavy (non-hydrogen) atoms. The Hall–Kier alpha value is -2.31. The van der Waals surface area contributed by atoms with E-state index in [9.17, 15) is 19.5 Å². The molecule has 0 radical (unpaired) electrons. The Morgan fingerprint density at radius 3 is 1.95 bits per heavy atom. The number of carboxylic acid groups (broad SMARTS) is 1. The average Bonchev–Trinajstić information content (AvgIpc) is 2.79. The molecule has 0 bridgehead atoms. The number of ether oxygens (including phenoxy) is 2. The molecule has 0 aliphatic heterocycles. The summed E-state index contributed by atoms with van der Waals surface area (Å²) in [5.74, 6) is -2.77. The third kappa shape index (κ3) is 3.62. The lowest BCUT2D eigenvalue weighted by Gasteiger charge is -2.04. The van der Waals surface area contributed by atoms with Crippen molar-refractivity contribution in [1.29, 1.82) is 0 Å². The van der Waals surface area contributed by atoms with Crippen molar-refractivity contribution in [3.8, 4) is 0 Å². The van der Waals surface area contributed by atoms with Gasteiger partial charge >= 0.3 is 17.9 Å². The van der Waals surface area contributed by atoms with Gasteiger partial charge < -0.3 is 19.6 Å². The first-order valence-corrected chi connectivity index (χ1v) is 6.80. The Bertz CT molecular complexity index is 546. The number of carbonyl (C=O) groups excluding carboxylic acids is 2. The summed E-state index contributed by atoms with van der Waals surface area (Å²) in [6.07, 6.45) is 0.957. The topological polar surface area (TPSA) is 106 Å². The van der Waals surface area contributed by atoms with Gasteiger partial charge in [-0.25, -0.2) is 14.4 Å². The molecule has 1 aromatic heterocycles. The number of hydrogen-bond acceptors (Lipinski definition) is 5. The maximum Gasteiger partial charge on any atom is 0.355 e. The number of hydrogen-bond donors (Lipinski definition) is 2. The SMILES string of the molecule is CCCc1c(C(=O)OCC)[nH]c(C(=O)OCC)c1C(=O)O. The monoisotopic (exact) mass is 297 g/mol. The average molecular weight is 297 g/mol. The Balaban J connectivity index is 3.43. The molecule has 1 aromatic rings. The number of esters is 2. The standard InChI is InChI=1S/C14H19NO6/c1-4-7-8-9(12(16)17)11(14(19)21-6-3)15-10(8)13(18)20-5-2/h15H,4-7H2,1-3H3,(H,16,17). The lowest BCUT2D eigenvalue weighted by Crippen LogP contribution is -2.11. The van der Waals surface area contributed by atoms with Gasteiger partial charge in [-0.1, -0.05) is 13.3 Å². The van der Waals surface area contributed by atoms with Crippen LogP contribution in [0.5, 0.6) is 0 Å². The third-order valence-electron chi connectivity index (χ3n) is 2.78. The molecule has 1 rings (SSSR count). The van der Waals surface area contributed by atoms with E-state index in [4.69, 9.17) is 9.47 Å². The summed E-state index contributed by atoms with van der Waals surface area (Å²) < 4.78 is 9.71. The largest absolute Gasteiger partial charge is 0.478 e. The number of carboxylic acids is 1. The summed E-state index contributed by atoms with van der Waals surface area (Å²) >= 11 is 0. The van der Waals surface area contributed by atoms with Crippen molar-refractivity contribution in [2.24, 2.45) is 0 Å². The van der Waals surface area contributed by atoms with Crippen molar-refractivity contribution in [1.82, 2.24) is 4.98 Å².